The summed E-state index contributed by atoms with van der Waals surface area (Å²) < 4.78 is 0. The predicted molar refractivity (Wildman–Crippen MR) is 61.0 cm³/mol. The molecule has 13 heavy (non-hydrogen) atoms. The van der Waals surface area contributed by atoms with Crippen molar-refractivity contribution in [3.63, 3.8) is 0 Å². The van der Waals surface area contributed by atoms with Crippen molar-refractivity contribution in [3.05, 3.63) is 11.6 Å². The van der Waals surface area contributed by atoms with Crippen LogP contribution in [-0.4, -0.2) is 12.6 Å². The van der Waals surface area contributed by atoms with Crippen molar-refractivity contribution in [1.29, 1.82) is 0 Å². The predicted octanol–water partition coefficient (Wildman–Crippen LogP) is 3.51. The molecule has 0 heterocycles. The van der Waals surface area contributed by atoms with Crippen molar-refractivity contribution in [2.75, 3.05) is 6.54 Å². The zero-order chi connectivity index (χ0) is 10.1. The zero-order valence-corrected chi connectivity index (χ0v) is 9.69. The molecule has 0 saturated carbocycles. The molecule has 1 N–H and O–H groups in total. The van der Waals surface area contributed by atoms with Gasteiger partial charge in [-0.25, -0.2) is 0 Å². The second-order valence-electron chi connectivity index (χ2n) is 4.07. The maximum atomic E-state index is 3.53. The van der Waals surface area contributed by atoms with Gasteiger partial charge in [0.25, 0.3) is 0 Å². The molecule has 0 aliphatic rings. The summed E-state index contributed by atoms with van der Waals surface area (Å²) in [5, 5.41) is 3.53. The van der Waals surface area contributed by atoms with Crippen molar-refractivity contribution in [3.8, 4) is 0 Å². The fraction of sp³-hybridized carbons (Fsp3) is 0.833. The highest BCUT2D eigenvalue weighted by Crippen LogP contribution is 2.01. The summed E-state index contributed by atoms with van der Waals surface area (Å²) in [7, 11) is 0. The van der Waals surface area contributed by atoms with Gasteiger partial charge in [-0.15, -0.1) is 0 Å². The van der Waals surface area contributed by atoms with Gasteiger partial charge < -0.3 is 5.32 Å². The molecule has 0 aromatic carbocycles. The normalized spacial score (nSPS) is 12.6. The Labute approximate surface area is 83.6 Å². The topological polar surface area (TPSA) is 12.0 Å². The minimum atomic E-state index is 0.669. The van der Waals surface area contributed by atoms with E-state index < -0.39 is 0 Å². The van der Waals surface area contributed by atoms with Crippen LogP contribution < -0.4 is 5.32 Å². The number of hydrogen-bond acceptors (Lipinski definition) is 1. The second-order valence-corrected chi connectivity index (χ2v) is 4.07. The average Bonchev–Trinajstić information content (AvgIpc) is 2.04. The van der Waals surface area contributed by atoms with Gasteiger partial charge in [0, 0.05) is 6.04 Å². The average molecular weight is 183 g/mol. The number of unbranched alkanes of at least 4 members (excludes halogenated alkanes) is 1. The molecule has 0 spiro atoms. The van der Waals surface area contributed by atoms with Gasteiger partial charge in [-0.1, -0.05) is 25.0 Å². The number of hydrogen-bond donors (Lipinski definition) is 1. The standard InChI is InChI=1S/C12H25N/c1-5-6-10-13-12(4)9-7-8-11(2)3/h8,12-13H,5-7,9-10H2,1-4H3/t12-/m1/s1. The van der Waals surface area contributed by atoms with Crippen molar-refractivity contribution in [2.24, 2.45) is 0 Å². The molecule has 0 aromatic heterocycles. The Kier molecular flexibility index (Phi) is 8.11. The lowest BCUT2D eigenvalue weighted by molar-refractivity contribution is 0.507. The molecule has 0 saturated heterocycles. The maximum absolute atomic E-state index is 3.53. The molecule has 0 bridgehead atoms. The Morgan fingerprint density at radius 2 is 2.08 bits per heavy atom. The van der Waals surface area contributed by atoms with E-state index in [1.54, 1.807) is 0 Å². The summed E-state index contributed by atoms with van der Waals surface area (Å²) in [6.07, 6.45) is 7.37. The van der Waals surface area contributed by atoms with Crippen molar-refractivity contribution < 1.29 is 0 Å². The van der Waals surface area contributed by atoms with Gasteiger partial charge in [0.05, 0.1) is 0 Å². The Morgan fingerprint density at radius 1 is 1.38 bits per heavy atom. The van der Waals surface area contributed by atoms with Crippen molar-refractivity contribution in [2.45, 2.75) is 59.4 Å². The minimum Gasteiger partial charge on any atom is -0.314 e. The van der Waals surface area contributed by atoms with Crippen LogP contribution in [0.4, 0.5) is 0 Å². The fourth-order valence-electron chi connectivity index (χ4n) is 1.25. The molecule has 1 heteroatoms. The highest BCUT2D eigenvalue weighted by molar-refractivity contribution is 4.93. The van der Waals surface area contributed by atoms with Crippen LogP contribution in [0.2, 0.25) is 0 Å². The zero-order valence-electron chi connectivity index (χ0n) is 9.69. The maximum Gasteiger partial charge on any atom is 0.00416 e. The third-order valence-corrected chi connectivity index (χ3v) is 2.18. The summed E-state index contributed by atoms with van der Waals surface area (Å²) in [4.78, 5) is 0. The Balaban J connectivity index is 3.30. The molecular weight excluding hydrogens is 158 g/mol. The van der Waals surface area contributed by atoms with E-state index in [1.165, 1.54) is 37.8 Å². The Morgan fingerprint density at radius 3 is 2.62 bits per heavy atom. The van der Waals surface area contributed by atoms with E-state index >= 15 is 0 Å². The second kappa shape index (κ2) is 8.31. The third-order valence-electron chi connectivity index (χ3n) is 2.18. The van der Waals surface area contributed by atoms with Gasteiger partial charge in [0.2, 0.25) is 0 Å². The van der Waals surface area contributed by atoms with Crippen LogP contribution in [-0.2, 0) is 0 Å². The molecule has 1 atom stereocenters. The van der Waals surface area contributed by atoms with E-state index in [0.29, 0.717) is 6.04 Å². The summed E-state index contributed by atoms with van der Waals surface area (Å²) in [5.74, 6) is 0. The Bertz CT molecular complexity index is 134. The van der Waals surface area contributed by atoms with E-state index in [4.69, 9.17) is 0 Å². The first-order chi connectivity index (χ1) is 6.16. The van der Waals surface area contributed by atoms with Crippen LogP contribution in [0.15, 0.2) is 11.6 Å². The quantitative estimate of drug-likeness (QED) is 0.470. The van der Waals surface area contributed by atoms with E-state index in [-0.39, 0.29) is 0 Å². The van der Waals surface area contributed by atoms with Crippen molar-refractivity contribution in [1.82, 2.24) is 5.32 Å². The van der Waals surface area contributed by atoms with Gasteiger partial charge in [-0.2, -0.15) is 0 Å². The first-order valence-electron chi connectivity index (χ1n) is 5.53. The molecule has 1 nitrogen and oxygen atoms in total. The molecule has 0 aromatic rings. The SMILES string of the molecule is CCCCN[C@H](C)CCC=C(C)C. The number of rotatable bonds is 7. The first-order valence-corrected chi connectivity index (χ1v) is 5.53. The van der Waals surface area contributed by atoms with Crippen LogP contribution >= 0.6 is 0 Å². The highest BCUT2D eigenvalue weighted by Gasteiger charge is 1.97. The molecule has 0 aliphatic carbocycles. The van der Waals surface area contributed by atoms with Crippen LogP contribution in [0.3, 0.4) is 0 Å². The van der Waals surface area contributed by atoms with Gasteiger partial charge in [-0.3, -0.25) is 0 Å². The molecule has 0 amide bonds. The minimum absolute atomic E-state index is 0.669. The lowest BCUT2D eigenvalue weighted by atomic mass is 10.1. The van der Waals surface area contributed by atoms with Crippen molar-refractivity contribution >= 4 is 0 Å². The van der Waals surface area contributed by atoms with Gasteiger partial charge in [-0.05, 0) is 46.6 Å². The van der Waals surface area contributed by atoms with Crippen LogP contribution in [0.5, 0.6) is 0 Å². The highest BCUT2D eigenvalue weighted by atomic mass is 14.9. The molecule has 0 unspecified atom stereocenters. The number of allylic oxidation sites excluding steroid dienone is 2. The monoisotopic (exact) mass is 183 g/mol. The first kappa shape index (κ1) is 12.7. The molecule has 78 valence electrons. The van der Waals surface area contributed by atoms with Gasteiger partial charge in [0.1, 0.15) is 0 Å². The van der Waals surface area contributed by atoms with E-state index in [2.05, 4.69) is 39.1 Å². The van der Waals surface area contributed by atoms with Crippen LogP contribution in [0.25, 0.3) is 0 Å². The summed E-state index contributed by atoms with van der Waals surface area (Å²) in [5.41, 5.74) is 1.43. The van der Waals surface area contributed by atoms with Crippen LogP contribution in [0, 0.1) is 0 Å². The molecular formula is C12H25N. The third kappa shape index (κ3) is 9.62. The molecule has 0 aliphatic heterocycles. The van der Waals surface area contributed by atoms with E-state index in [1.807, 2.05) is 0 Å². The summed E-state index contributed by atoms with van der Waals surface area (Å²) in [6, 6.07) is 0.669. The lowest BCUT2D eigenvalue weighted by Crippen LogP contribution is -2.26. The molecule has 0 rings (SSSR count). The van der Waals surface area contributed by atoms with E-state index in [0.717, 1.165) is 0 Å². The van der Waals surface area contributed by atoms with E-state index in [9.17, 15) is 0 Å². The fourth-order valence-corrected chi connectivity index (χ4v) is 1.25. The summed E-state index contributed by atoms with van der Waals surface area (Å²) >= 11 is 0. The largest absolute Gasteiger partial charge is 0.314 e. The van der Waals surface area contributed by atoms with Gasteiger partial charge in [0.15, 0.2) is 0 Å². The summed E-state index contributed by atoms with van der Waals surface area (Å²) in [6.45, 7) is 10.0. The molecule has 0 radical (unpaired) electrons. The Hall–Kier alpha value is -0.300. The number of nitrogens with one attached hydrogen (secondary N) is 1. The van der Waals surface area contributed by atoms with Gasteiger partial charge >= 0.3 is 0 Å². The lowest BCUT2D eigenvalue weighted by Gasteiger charge is -2.11. The smallest absolute Gasteiger partial charge is 0.00416 e. The molecule has 0 fully saturated rings. The van der Waals surface area contributed by atoms with Crippen LogP contribution in [0.1, 0.15) is 53.4 Å².